The van der Waals surface area contributed by atoms with Gasteiger partial charge in [0.1, 0.15) is 0 Å². The van der Waals surface area contributed by atoms with Crippen LogP contribution in [0, 0.1) is 0 Å². The third kappa shape index (κ3) is 2.19. The number of nitrogens with zero attached hydrogens (tertiary/aromatic N) is 3. The molecule has 0 amide bonds. The van der Waals surface area contributed by atoms with Crippen LogP contribution in [0.1, 0.15) is 5.82 Å². The molecule has 2 aromatic heterocycles. The third-order valence-electron chi connectivity index (χ3n) is 1.25. The van der Waals surface area contributed by atoms with Crippen LogP contribution >= 0.6 is 23.1 Å². The van der Waals surface area contributed by atoms with Gasteiger partial charge in [0.25, 0.3) is 0 Å². The Balaban J connectivity index is 1.93. The number of rotatable bonds is 3. The van der Waals surface area contributed by atoms with Gasteiger partial charge in [-0.15, -0.1) is 11.8 Å². The number of nitrogen functional groups attached to an aromatic ring is 1. The maximum absolute atomic E-state index is 5.47. The van der Waals surface area contributed by atoms with E-state index in [9.17, 15) is 0 Å². The fourth-order valence-corrected chi connectivity index (χ4v) is 2.34. The molecule has 2 aromatic rings. The van der Waals surface area contributed by atoms with Crippen molar-refractivity contribution in [2.75, 3.05) is 5.73 Å². The van der Waals surface area contributed by atoms with Gasteiger partial charge in [0.15, 0.2) is 11.0 Å². The van der Waals surface area contributed by atoms with E-state index in [0.717, 1.165) is 4.21 Å². The molecule has 0 atom stereocenters. The van der Waals surface area contributed by atoms with Gasteiger partial charge in [-0.1, -0.05) is 16.5 Å². The largest absolute Gasteiger partial charge is 0.375 e. The van der Waals surface area contributed by atoms with Gasteiger partial charge in [0.05, 0.1) is 16.2 Å². The fraction of sp³-hybridized carbons (Fsp3) is 0.167. The van der Waals surface area contributed by atoms with Crippen LogP contribution < -0.4 is 5.73 Å². The summed E-state index contributed by atoms with van der Waals surface area (Å²) >= 11 is 3.04. The second kappa shape index (κ2) is 3.75. The summed E-state index contributed by atoms with van der Waals surface area (Å²) in [5.74, 6) is 1.36. The van der Waals surface area contributed by atoms with Crippen molar-refractivity contribution in [1.29, 1.82) is 0 Å². The molecule has 13 heavy (non-hydrogen) atoms. The Morgan fingerprint density at radius 3 is 3.08 bits per heavy atom. The first-order valence-electron chi connectivity index (χ1n) is 3.44. The van der Waals surface area contributed by atoms with E-state index in [1.807, 2.05) is 0 Å². The molecule has 0 saturated heterocycles. The van der Waals surface area contributed by atoms with Crippen molar-refractivity contribution >= 4 is 28.2 Å². The molecule has 7 heteroatoms. The van der Waals surface area contributed by atoms with Crippen LogP contribution in [0.4, 0.5) is 5.13 Å². The molecule has 0 aliphatic carbocycles. The zero-order valence-corrected chi connectivity index (χ0v) is 8.14. The Morgan fingerprint density at radius 2 is 2.46 bits per heavy atom. The second-order valence-corrected chi connectivity index (χ2v) is 4.49. The van der Waals surface area contributed by atoms with Gasteiger partial charge in [0, 0.05) is 0 Å². The molecule has 0 aliphatic rings. The third-order valence-corrected chi connectivity index (χ3v) is 3.27. The van der Waals surface area contributed by atoms with Crippen LogP contribution in [0.5, 0.6) is 0 Å². The quantitative estimate of drug-likeness (QED) is 0.778. The van der Waals surface area contributed by atoms with Gasteiger partial charge >= 0.3 is 0 Å². The molecule has 2 heterocycles. The first kappa shape index (κ1) is 8.52. The van der Waals surface area contributed by atoms with Crippen LogP contribution in [0.2, 0.25) is 0 Å². The molecular weight excluding hydrogens is 208 g/mol. The maximum atomic E-state index is 5.47. The molecule has 0 radical (unpaired) electrons. The average Bonchev–Trinajstić information content (AvgIpc) is 2.71. The number of hydrogen-bond donors (Lipinski definition) is 1. The van der Waals surface area contributed by atoms with Crippen LogP contribution in [0.15, 0.2) is 21.3 Å². The normalized spacial score (nSPS) is 10.5. The molecule has 0 spiro atoms. The maximum Gasteiger partial charge on any atom is 0.213 e. The predicted molar refractivity (Wildman–Crippen MR) is 50.4 cm³/mol. The zero-order chi connectivity index (χ0) is 9.10. The molecule has 5 nitrogen and oxygen atoms in total. The molecule has 0 fully saturated rings. The highest BCUT2D eigenvalue weighted by Crippen LogP contribution is 2.28. The molecule has 68 valence electrons. The molecular formula is C6H6N4OS2. The smallest absolute Gasteiger partial charge is 0.213 e. The Labute approximate surface area is 82.4 Å². The van der Waals surface area contributed by atoms with Crippen molar-refractivity contribution in [3.8, 4) is 0 Å². The highest BCUT2D eigenvalue weighted by atomic mass is 32.2. The van der Waals surface area contributed by atoms with Gasteiger partial charge in [-0.05, 0) is 0 Å². The van der Waals surface area contributed by atoms with Gasteiger partial charge in [0.2, 0.25) is 6.39 Å². The van der Waals surface area contributed by atoms with Gasteiger partial charge in [-0.25, -0.2) is 4.98 Å². The van der Waals surface area contributed by atoms with Crippen LogP contribution in [-0.4, -0.2) is 15.1 Å². The van der Waals surface area contributed by atoms with E-state index in [2.05, 4.69) is 19.6 Å². The minimum Gasteiger partial charge on any atom is -0.375 e. The van der Waals surface area contributed by atoms with Crippen molar-refractivity contribution in [2.24, 2.45) is 0 Å². The second-order valence-electron chi connectivity index (χ2n) is 2.15. The summed E-state index contributed by atoms with van der Waals surface area (Å²) in [6, 6.07) is 0. The van der Waals surface area contributed by atoms with E-state index in [1.165, 1.54) is 17.7 Å². The molecule has 0 aliphatic heterocycles. The number of aromatic nitrogens is 3. The summed E-state index contributed by atoms with van der Waals surface area (Å²) in [4.78, 5) is 7.82. The van der Waals surface area contributed by atoms with Crippen molar-refractivity contribution in [3.63, 3.8) is 0 Å². The first-order chi connectivity index (χ1) is 6.34. The highest BCUT2D eigenvalue weighted by molar-refractivity contribution is 8.00. The SMILES string of the molecule is Nc1ncc(SCc2ncon2)s1. The van der Waals surface area contributed by atoms with Crippen LogP contribution in [0.25, 0.3) is 0 Å². The molecule has 2 rings (SSSR count). The minimum absolute atomic E-state index is 0.579. The summed E-state index contributed by atoms with van der Waals surface area (Å²) < 4.78 is 5.65. The molecule has 0 saturated carbocycles. The van der Waals surface area contributed by atoms with Gasteiger partial charge < -0.3 is 10.3 Å². The first-order valence-corrected chi connectivity index (χ1v) is 5.24. The Bertz CT molecular complexity index is 372. The fourth-order valence-electron chi connectivity index (χ4n) is 0.731. The average molecular weight is 214 g/mol. The molecule has 0 bridgehead atoms. The lowest BCUT2D eigenvalue weighted by Crippen LogP contribution is -1.80. The zero-order valence-electron chi connectivity index (χ0n) is 6.51. The van der Waals surface area contributed by atoms with Crippen LogP contribution in [0.3, 0.4) is 0 Å². The predicted octanol–water partition coefficient (Wildman–Crippen LogP) is 1.40. The van der Waals surface area contributed by atoms with Crippen molar-refractivity contribution in [1.82, 2.24) is 15.1 Å². The van der Waals surface area contributed by atoms with E-state index in [1.54, 1.807) is 18.0 Å². The topological polar surface area (TPSA) is 77.8 Å². The van der Waals surface area contributed by atoms with Crippen LogP contribution in [-0.2, 0) is 5.75 Å². The minimum atomic E-state index is 0.579. The number of thioether (sulfide) groups is 1. The monoisotopic (exact) mass is 214 g/mol. The lowest BCUT2D eigenvalue weighted by molar-refractivity contribution is 0.412. The lowest BCUT2D eigenvalue weighted by atomic mass is 10.7. The van der Waals surface area contributed by atoms with Crippen molar-refractivity contribution in [2.45, 2.75) is 9.96 Å². The van der Waals surface area contributed by atoms with E-state index in [4.69, 9.17) is 5.73 Å². The number of hydrogen-bond acceptors (Lipinski definition) is 7. The van der Waals surface area contributed by atoms with Crippen molar-refractivity contribution < 1.29 is 4.52 Å². The summed E-state index contributed by atoms with van der Waals surface area (Å²) in [5, 5.41) is 4.26. The summed E-state index contributed by atoms with van der Waals surface area (Å²) in [6.45, 7) is 0. The number of nitrogens with two attached hydrogens (primary N) is 1. The highest BCUT2D eigenvalue weighted by Gasteiger charge is 2.02. The molecule has 2 N–H and O–H groups in total. The van der Waals surface area contributed by atoms with E-state index < -0.39 is 0 Å². The molecule has 0 aromatic carbocycles. The van der Waals surface area contributed by atoms with E-state index >= 15 is 0 Å². The van der Waals surface area contributed by atoms with E-state index in [0.29, 0.717) is 16.7 Å². The number of anilines is 1. The number of thiazole rings is 1. The van der Waals surface area contributed by atoms with Gasteiger partial charge in [-0.3, -0.25) is 0 Å². The van der Waals surface area contributed by atoms with E-state index in [-0.39, 0.29) is 0 Å². The lowest BCUT2D eigenvalue weighted by Gasteiger charge is -1.89. The Hall–Kier alpha value is -1.08. The van der Waals surface area contributed by atoms with Crippen molar-refractivity contribution in [3.05, 3.63) is 18.4 Å². The Kier molecular flexibility index (Phi) is 2.46. The summed E-state index contributed by atoms with van der Waals surface area (Å²) in [7, 11) is 0. The summed E-state index contributed by atoms with van der Waals surface area (Å²) in [6.07, 6.45) is 3.06. The summed E-state index contributed by atoms with van der Waals surface area (Å²) in [5.41, 5.74) is 5.47. The molecule has 0 unspecified atom stereocenters. The Morgan fingerprint density at radius 1 is 1.54 bits per heavy atom. The van der Waals surface area contributed by atoms with Gasteiger partial charge in [-0.2, -0.15) is 4.98 Å². The standard InChI is InChI=1S/C6H6N4OS2/c7-6-8-1-5(13-6)12-2-4-9-3-11-10-4/h1,3H,2H2,(H2,7,8).